The SMILES string of the molecule is BrCc1cccc(CBr)c1Br.C.Cc1cccc(C)c1Br.[B]=NS. The number of halogens is 4. The van der Waals surface area contributed by atoms with Gasteiger partial charge in [-0.3, -0.25) is 0 Å². The van der Waals surface area contributed by atoms with Crippen LogP contribution in [0.3, 0.4) is 0 Å². The van der Waals surface area contributed by atoms with E-state index in [9.17, 15) is 0 Å². The molecule has 24 heavy (non-hydrogen) atoms. The molecule has 1 nitrogen and oxygen atoms in total. The van der Waals surface area contributed by atoms with Crippen molar-refractivity contribution >= 4 is 84.2 Å². The summed E-state index contributed by atoms with van der Waals surface area (Å²) in [5.41, 5.74) is 5.19. The molecule has 7 heteroatoms. The van der Waals surface area contributed by atoms with Crippen molar-refractivity contribution in [3.63, 3.8) is 0 Å². The third-order valence-corrected chi connectivity index (χ3v) is 6.31. The fraction of sp³-hybridized carbons (Fsp3) is 0.294. The second-order valence-corrected chi connectivity index (χ2v) is 7.42. The van der Waals surface area contributed by atoms with Gasteiger partial charge in [0.1, 0.15) is 0 Å². The first-order chi connectivity index (χ1) is 10.9. The Labute approximate surface area is 186 Å². The Balaban J connectivity index is 0. The molecule has 0 aliphatic heterocycles. The molecule has 0 unspecified atom stereocenters. The van der Waals surface area contributed by atoms with Gasteiger partial charge in [0.15, 0.2) is 0 Å². The first-order valence-electron chi connectivity index (χ1n) is 6.57. The van der Waals surface area contributed by atoms with Gasteiger partial charge in [-0.2, -0.15) is 0 Å². The molecule has 2 aromatic carbocycles. The van der Waals surface area contributed by atoms with Crippen LogP contribution in [0.5, 0.6) is 0 Å². The normalized spacial score (nSPS) is 8.75. The van der Waals surface area contributed by atoms with Crippen molar-refractivity contribution in [1.29, 1.82) is 0 Å². The summed E-state index contributed by atoms with van der Waals surface area (Å²) in [5, 5.41) is 1.79. The summed E-state index contributed by atoms with van der Waals surface area (Å²) in [6.07, 6.45) is 0. The fourth-order valence-corrected chi connectivity index (χ4v) is 4.13. The van der Waals surface area contributed by atoms with Crippen LogP contribution in [0.4, 0.5) is 0 Å². The van der Waals surface area contributed by atoms with Crippen LogP contribution < -0.4 is 0 Å². The summed E-state index contributed by atoms with van der Waals surface area (Å²) in [7, 11) is 4.34. The first kappa shape index (κ1) is 26.8. The number of thiol groups is 1. The van der Waals surface area contributed by atoms with Gasteiger partial charge in [0, 0.05) is 19.6 Å². The zero-order valence-electron chi connectivity index (χ0n) is 12.9. The fourth-order valence-electron chi connectivity index (χ4n) is 1.63. The van der Waals surface area contributed by atoms with Crippen LogP contribution in [0.15, 0.2) is 49.6 Å². The maximum atomic E-state index is 4.34. The molecule has 0 fully saturated rings. The molecule has 0 aliphatic carbocycles. The van der Waals surface area contributed by atoms with Crippen molar-refractivity contribution in [1.82, 2.24) is 0 Å². The summed E-state index contributed by atoms with van der Waals surface area (Å²) >= 11 is 17.1. The van der Waals surface area contributed by atoms with E-state index in [0.29, 0.717) is 0 Å². The second-order valence-electron chi connectivity index (χ2n) is 4.48. The molecule has 2 aromatic rings. The Morgan fingerprint density at radius 2 is 1.21 bits per heavy atom. The molecule has 0 saturated heterocycles. The molecule has 0 aromatic heterocycles. The predicted octanol–water partition coefficient (Wildman–Crippen LogP) is 8.12. The monoisotopic (exact) mass is 598 g/mol. The van der Waals surface area contributed by atoms with Gasteiger partial charge < -0.3 is 0 Å². The van der Waals surface area contributed by atoms with Crippen LogP contribution in [0.1, 0.15) is 29.7 Å². The van der Waals surface area contributed by atoms with E-state index in [0.717, 1.165) is 10.7 Å². The van der Waals surface area contributed by atoms with Gasteiger partial charge in [0.25, 0.3) is 0 Å². The Hall–Kier alpha value is 0.575. The van der Waals surface area contributed by atoms with Gasteiger partial charge in [0.05, 0.1) is 0 Å². The molecule has 0 amide bonds. The predicted molar refractivity (Wildman–Crippen MR) is 127 cm³/mol. The maximum absolute atomic E-state index is 4.34. The number of rotatable bonds is 2. The summed E-state index contributed by atoms with van der Waals surface area (Å²) in [4.78, 5) is 0. The van der Waals surface area contributed by atoms with Crippen LogP contribution in [-0.4, -0.2) is 7.64 Å². The Bertz CT molecular complexity index is 581. The van der Waals surface area contributed by atoms with Crippen LogP contribution in [0.2, 0.25) is 0 Å². The third-order valence-electron chi connectivity index (χ3n) is 2.83. The number of nitrogens with zero attached hydrogens (tertiary/aromatic N) is 1. The van der Waals surface area contributed by atoms with E-state index >= 15 is 0 Å². The zero-order valence-corrected chi connectivity index (χ0v) is 20.1. The van der Waals surface area contributed by atoms with Gasteiger partial charge in [-0.25, -0.2) is 0 Å². The van der Waals surface area contributed by atoms with Gasteiger partial charge in [-0.1, -0.05) is 108 Å². The number of alkyl halides is 2. The van der Waals surface area contributed by atoms with E-state index in [4.69, 9.17) is 0 Å². The van der Waals surface area contributed by atoms with Crippen LogP contribution in [0.25, 0.3) is 0 Å². The summed E-state index contributed by atoms with van der Waals surface area (Å²) in [6, 6.07) is 12.5. The van der Waals surface area contributed by atoms with Crippen molar-refractivity contribution < 1.29 is 0 Å². The average Bonchev–Trinajstić information content (AvgIpc) is 2.54. The quantitative estimate of drug-likeness (QED) is 0.203. The van der Waals surface area contributed by atoms with Gasteiger partial charge in [-0.15, -0.1) is 0 Å². The molecule has 0 spiro atoms. The molecule has 0 atom stereocenters. The standard InChI is InChI=1S/C8H7Br3.C8H9Br.CH4.BHNS/c9-4-6-2-1-3-7(5-10)8(6)11;1-6-4-3-5-7(2)8(6)9;;1-2-3/h1-3H,4-5H2;3-5H,1-2H3;1H4;3H. The summed E-state index contributed by atoms with van der Waals surface area (Å²) < 4.78 is 5.12. The van der Waals surface area contributed by atoms with Crippen LogP contribution in [0, 0.1) is 13.8 Å². The number of hydrogen-bond donors (Lipinski definition) is 1. The van der Waals surface area contributed by atoms with E-state index in [2.05, 4.69) is 139 Å². The molecule has 0 aliphatic rings. The zero-order chi connectivity index (χ0) is 17.8. The van der Waals surface area contributed by atoms with Gasteiger partial charge in [0.2, 0.25) is 0 Å². The van der Waals surface area contributed by atoms with Crippen molar-refractivity contribution in [3.8, 4) is 0 Å². The topological polar surface area (TPSA) is 12.4 Å². The first-order valence-corrected chi connectivity index (χ1v) is 10.8. The van der Waals surface area contributed by atoms with Crippen molar-refractivity contribution in [2.24, 2.45) is 4.30 Å². The van der Waals surface area contributed by atoms with Gasteiger partial charge in [-0.05, 0) is 36.1 Å². The molecule has 1 radical (unpaired) electrons. The van der Waals surface area contributed by atoms with E-state index in [1.165, 1.54) is 31.2 Å². The molecule has 131 valence electrons. The van der Waals surface area contributed by atoms with E-state index in [1.807, 2.05) is 0 Å². The van der Waals surface area contributed by atoms with E-state index < -0.39 is 0 Å². The summed E-state index contributed by atoms with van der Waals surface area (Å²) in [5.74, 6) is 0. The molecule has 0 N–H and O–H groups in total. The number of benzene rings is 2. The van der Waals surface area contributed by atoms with Crippen molar-refractivity contribution in [2.45, 2.75) is 31.9 Å². The van der Waals surface area contributed by atoms with Gasteiger partial charge >= 0.3 is 24.8 Å². The second kappa shape index (κ2) is 15.8. The summed E-state index contributed by atoms with van der Waals surface area (Å²) in [6.45, 7) is 4.19. The molecule has 2 rings (SSSR count). The van der Waals surface area contributed by atoms with Crippen molar-refractivity contribution in [3.05, 3.63) is 67.6 Å². The number of aryl methyl sites for hydroxylation is 2. The number of hydrogen-bond acceptors (Lipinski definition) is 2. The Morgan fingerprint density at radius 3 is 1.50 bits per heavy atom. The van der Waals surface area contributed by atoms with Crippen LogP contribution >= 0.6 is 76.5 Å². The third kappa shape index (κ3) is 9.90. The van der Waals surface area contributed by atoms with E-state index in [-0.39, 0.29) is 7.43 Å². The van der Waals surface area contributed by atoms with Crippen LogP contribution in [-0.2, 0) is 10.7 Å². The molecule has 0 bridgehead atoms. The minimum absolute atomic E-state index is 0. The molecular weight excluding hydrogens is 581 g/mol. The average molecular weight is 602 g/mol. The molecule has 0 saturated carbocycles. The van der Waals surface area contributed by atoms with Crippen molar-refractivity contribution in [2.75, 3.05) is 0 Å². The molecular formula is C17H21BBr4NS. The Morgan fingerprint density at radius 1 is 0.875 bits per heavy atom. The van der Waals surface area contributed by atoms with E-state index in [1.54, 1.807) is 0 Å². The Kier molecular flexibility index (Phi) is 17.6. The minimum atomic E-state index is 0. The molecule has 0 heterocycles.